The van der Waals surface area contributed by atoms with Crippen LogP contribution in [-0.4, -0.2) is 24.9 Å². The molecule has 0 aliphatic rings. The number of carbonyl (C=O) groups excluding carboxylic acids is 2. The van der Waals surface area contributed by atoms with Crippen LogP contribution in [0.1, 0.15) is 30.5 Å². The number of halogens is 1. The van der Waals surface area contributed by atoms with E-state index in [1.54, 1.807) is 4.90 Å². The molecule has 5 heteroatoms. The highest BCUT2D eigenvalue weighted by atomic mass is 35.5. The molecule has 0 saturated carbocycles. The Morgan fingerprint density at radius 3 is 2.23 bits per heavy atom. The number of aryl methyl sites for hydroxylation is 3. The van der Waals surface area contributed by atoms with E-state index in [1.165, 1.54) is 11.8 Å². The van der Waals surface area contributed by atoms with Gasteiger partial charge >= 0.3 is 0 Å². The van der Waals surface area contributed by atoms with Crippen molar-refractivity contribution in [1.29, 1.82) is 0 Å². The highest BCUT2D eigenvalue weighted by Gasteiger charge is 2.24. The van der Waals surface area contributed by atoms with E-state index in [2.05, 4.69) is 0 Å². The Balaban J connectivity index is 2.35. The summed E-state index contributed by atoms with van der Waals surface area (Å²) in [7, 11) is 0. The molecule has 0 unspecified atom stereocenters. The minimum Gasteiger partial charge on any atom is -0.311 e. The summed E-state index contributed by atoms with van der Waals surface area (Å²) in [5, 5.41) is 0.476. The van der Waals surface area contributed by atoms with E-state index in [-0.39, 0.29) is 18.4 Å². The van der Waals surface area contributed by atoms with Gasteiger partial charge in [-0.2, -0.15) is 0 Å². The normalized spacial score (nSPS) is 10.5. The second kappa shape index (κ2) is 8.37. The molecule has 0 aromatic heterocycles. The molecule has 0 saturated heterocycles. The van der Waals surface area contributed by atoms with Crippen LogP contribution in [0.25, 0.3) is 0 Å². The molecule has 0 spiro atoms. The zero-order valence-electron chi connectivity index (χ0n) is 16.0. The van der Waals surface area contributed by atoms with E-state index >= 15 is 0 Å². The fourth-order valence-corrected chi connectivity index (χ4v) is 3.54. The molecule has 0 radical (unpaired) electrons. The summed E-state index contributed by atoms with van der Waals surface area (Å²) in [6.07, 6.45) is 0. The van der Waals surface area contributed by atoms with Crippen molar-refractivity contribution in [3.05, 3.63) is 58.1 Å². The third kappa shape index (κ3) is 4.44. The molecule has 0 aliphatic heterocycles. The van der Waals surface area contributed by atoms with Crippen molar-refractivity contribution in [2.45, 2.75) is 34.6 Å². The maximum absolute atomic E-state index is 13.0. The topological polar surface area (TPSA) is 40.6 Å². The monoisotopic (exact) mass is 372 g/mol. The molecule has 26 heavy (non-hydrogen) atoms. The van der Waals surface area contributed by atoms with Crippen molar-refractivity contribution < 1.29 is 9.59 Å². The molecule has 2 rings (SSSR count). The first kappa shape index (κ1) is 20.0. The van der Waals surface area contributed by atoms with Gasteiger partial charge in [0.1, 0.15) is 6.54 Å². The van der Waals surface area contributed by atoms with Gasteiger partial charge < -0.3 is 9.80 Å². The van der Waals surface area contributed by atoms with Gasteiger partial charge in [-0.25, -0.2) is 0 Å². The van der Waals surface area contributed by atoms with Crippen LogP contribution in [-0.2, 0) is 9.59 Å². The number of amides is 2. The minimum absolute atomic E-state index is 0.0548. The van der Waals surface area contributed by atoms with Gasteiger partial charge in [-0.1, -0.05) is 29.8 Å². The van der Waals surface area contributed by atoms with Crippen LogP contribution in [0.3, 0.4) is 0 Å². The van der Waals surface area contributed by atoms with E-state index in [1.807, 2.05) is 64.1 Å². The number of nitrogens with zero attached hydrogens (tertiary/aromatic N) is 2. The molecule has 2 aromatic rings. The standard InChI is InChI=1S/C21H25ClN2O2/c1-6-23(18-9-7-8-14(2)11-18)20(26)13-24(17(5)25)21-16(4)10-15(3)12-19(21)22/h7-12H,6,13H2,1-5H3. The first-order chi connectivity index (χ1) is 12.2. The predicted octanol–water partition coefficient (Wildman–Crippen LogP) is 4.67. The van der Waals surface area contributed by atoms with Crippen LogP contribution >= 0.6 is 11.6 Å². The second-order valence-corrected chi connectivity index (χ2v) is 6.90. The Bertz CT molecular complexity index is 810. The molecule has 2 amide bonds. The summed E-state index contributed by atoms with van der Waals surface area (Å²) in [6.45, 7) is 9.66. The average molecular weight is 373 g/mol. The van der Waals surface area contributed by atoms with Gasteiger partial charge in [0.2, 0.25) is 11.8 Å². The third-order valence-electron chi connectivity index (χ3n) is 4.27. The largest absolute Gasteiger partial charge is 0.311 e. The maximum Gasteiger partial charge on any atom is 0.247 e. The lowest BCUT2D eigenvalue weighted by Gasteiger charge is -2.28. The Hall–Kier alpha value is -2.33. The van der Waals surface area contributed by atoms with Crippen LogP contribution in [0.4, 0.5) is 11.4 Å². The molecule has 2 aromatic carbocycles. The maximum atomic E-state index is 13.0. The van der Waals surface area contributed by atoms with Crippen LogP contribution in [0, 0.1) is 20.8 Å². The van der Waals surface area contributed by atoms with Gasteiger partial charge in [-0.3, -0.25) is 9.59 Å². The summed E-state index contributed by atoms with van der Waals surface area (Å²) in [6, 6.07) is 11.5. The Morgan fingerprint density at radius 1 is 1.00 bits per heavy atom. The first-order valence-electron chi connectivity index (χ1n) is 8.66. The fourth-order valence-electron chi connectivity index (χ4n) is 3.12. The summed E-state index contributed by atoms with van der Waals surface area (Å²) in [4.78, 5) is 28.4. The molecule has 138 valence electrons. The van der Waals surface area contributed by atoms with Crippen LogP contribution in [0.2, 0.25) is 5.02 Å². The summed E-state index contributed by atoms with van der Waals surface area (Å²) in [5.41, 5.74) is 4.39. The molecular formula is C21H25ClN2O2. The number of hydrogen-bond acceptors (Lipinski definition) is 2. The van der Waals surface area contributed by atoms with Crippen molar-refractivity contribution in [3.63, 3.8) is 0 Å². The van der Waals surface area contributed by atoms with Crippen LogP contribution in [0.15, 0.2) is 36.4 Å². The van der Waals surface area contributed by atoms with E-state index in [0.717, 1.165) is 22.4 Å². The number of carbonyl (C=O) groups is 2. The first-order valence-corrected chi connectivity index (χ1v) is 9.04. The van der Waals surface area contributed by atoms with Gasteiger partial charge in [-0.15, -0.1) is 0 Å². The highest BCUT2D eigenvalue weighted by Crippen LogP contribution is 2.31. The molecule has 0 heterocycles. The minimum atomic E-state index is -0.215. The summed E-state index contributed by atoms with van der Waals surface area (Å²) in [5.74, 6) is -0.364. The predicted molar refractivity (Wildman–Crippen MR) is 108 cm³/mol. The lowest BCUT2D eigenvalue weighted by molar-refractivity contribution is -0.121. The van der Waals surface area contributed by atoms with Gasteiger partial charge in [-0.05, 0) is 62.6 Å². The van der Waals surface area contributed by atoms with E-state index in [9.17, 15) is 9.59 Å². The van der Waals surface area contributed by atoms with Crippen molar-refractivity contribution >= 4 is 34.8 Å². The fraction of sp³-hybridized carbons (Fsp3) is 0.333. The van der Waals surface area contributed by atoms with Gasteiger partial charge in [0.25, 0.3) is 0 Å². The quantitative estimate of drug-likeness (QED) is 0.765. The SMILES string of the molecule is CCN(C(=O)CN(C(C)=O)c1c(C)cc(C)cc1Cl)c1cccc(C)c1. The average Bonchev–Trinajstić information content (AvgIpc) is 2.53. The molecule has 4 nitrogen and oxygen atoms in total. The lowest BCUT2D eigenvalue weighted by atomic mass is 10.1. The summed E-state index contributed by atoms with van der Waals surface area (Å²) < 4.78 is 0. The number of likely N-dealkylation sites (N-methyl/N-ethyl adjacent to an activating group) is 1. The van der Waals surface area contributed by atoms with Crippen LogP contribution in [0.5, 0.6) is 0 Å². The molecule has 0 bridgehead atoms. The smallest absolute Gasteiger partial charge is 0.247 e. The second-order valence-electron chi connectivity index (χ2n) is 6.49. The molecule has 0 N–H and O–H groups in total. The third-order valence-corrected chi connectivity index (χ3v) is 4.56. The summed E-state index contributed by atoms with van der Waals surface area (Å²) >= 11 is 6.39. The van der Waals surface area contributed by atoms with Crippen molar-refractivity contribution in [1.82, 2.24) is 0 Å². The Labute approximate surface area is 160 Å². The Morgan fingerprint density at radius 2 is 1.69 bits per heavy atom. The van der Waals surface area contributed by atoms with Gasteiger partial charge in [0.05, 0.1) is 10.7 Å². The van der Waals surface area contributed by atoms with E-state index in [0.29, 0.717) is 17.3 Å². The van der Waals surface area contributed by atoms with E-state index in [4.69, 9.17) is 11.6 Å². The van der Waals surface area contributed by atoms with E-state index < -0.39 is 0 Å². The zero-order chi connectivity index (χ0) is 19.4. The highest BCUT2D eigenvalue weighted by molar-refractivity contribution is 6.34. The zero-order valence-corrected chi connectivity index (χ0v) is 16.7. The lowest BCUT2D eigenvalue weighted by Crippen LogP contribution is -2.43. The number of anilines is 2. The number of hydrogen-bond donors (Lipinski definition) is 0. The van der Waals surface area contributed by atoms with Crippen molar-refractivity contribution in [3.8, 4) is 0 Å². The number of rotatable bonds is 5. The van der Waals surface area contributed by atoms with Gasteiger partial charge in [0.15, 0.2) is 0 Å². The molecule has 0 aliphatic carbocycles. The Kier molecular flexibility index (Phi) is 6.43. The molecule has 0 fully saturated rings. The molecular weight excluding hydrogens is 348 g/mol. The number of benzene rings is 2. The van der Waals surface area contributed by atoms with Crippen molar-refractivity contribution in [2.75, 3.05) is 22.9 Å². The van der Waals surface area contributed by atoms with Crippen molar-refractivity contribution in [2.24, 2.45) is 0 Å². The molecule has 0 atom stereocenters. The van der Waals surface area contributed by atoms with Gasteiger partial charge in [0, 0.05) is 19.2 Å². The van der Waals surface area contributed by atoms with Crippen LogP contribution < -0.4 is 9.80 Å².